The zero-order chi connectivity index (χ0) is 9.52. The first kappa shape index (κ1) is 22.2. The third-order valence-electron chi connectivity index (χ3n) is 2.45. The van der Waals surface area contributed by atoms with Gasteiger partial charge >= 0.3 is 90.8 Å². The van der Waals surface area contributed by atoms with E-state index < -0.39 is 0 Å². The Kier molecular flexibility index (Phi) is 19.6. The van der Waals surface area contributed by atoms with Gasteiger partial charge in [0, 0.05) is 0 Å². The zero-order valence-electron chi connectivity index (χ0n) is 9.85. The van der Waals surface area contributed by atoms with E-state index in [9.17, 15) is 0 Å². The summed E-state index contributed by atoms with van der Waals surface area (Å²) in [5.41, 5.74) is 0. The van der Waals surface area contributed by atoms with Crippen LogP contribution in [0.25, 0.3) is 0 Å². The topological polar surface area (TPSA) is 3.24 Å². The van der Waals surface area contributed by atoms with Crippen LogP contribution in [0.4, 0.5) is 0 Å². The van der Waals surface area contributed by atoms with Gasteiger partial charge in [-0.15, -0.1) is 0 Å². The normalized spacial score (nSPS) is 12.1. The fourth-order valence-electron chi connectivity index (χ4n) is 1.49. The summed E-state index contributed by atoms with van der Waals surface area (Å²) in [7, 11) is 0. The quantitative estimate of drug-likeness (QED) is 0.440. The Bertz CT molecular complexity index is 203. The molecule has 1 rings (SSSR count). The maximum atomic E-state index is 2.52. The molecule has 16 heavy (non-hydrogen) atoms. The van der Waals surface area contributed by atoms with E-state index in [0.717, 1.165) is 0 Å². The Balaban J connectivity index is -0.000000563. The second-order valence-corrected chi connectivity index (χ2v) is 5.61. The largest absolute Gasteiger partial charge is 1.00 e. The van der Waals surface area contributed by atoms with E-state index in [-0.39, 0.29) is 56.4 Å². The summed E-state index contributed by atoms with van der Waals surface area (Å²) in [5, 5.41) is 0. The van der Waals surface area contributed by atoms with Crippen molar-refractivity contribution in [3.8, 4) is 0 Å². The van der Waals surface area contributed by atoms with Gasteiger partial charge in [-0.05, 0) is 0 Å². The molecule has 0 atom stereocenters. The molecule has 1 aliphatic carbocycles. The molecule has 0 aromatic carbocycles. The Morgan fingerprint density at radius 2 is 1.81 bits per heavy atom. The van der Waals surface area contributed by atoms with Crippen molar-refractivity contribution >= 4 is 0 Å². The number of hydrogen-bond acceptors (Lipinski definition) is 1. The molecule has 0 bridgehead atoms. The van der Waals surface area contributed by atoms with Crippen molar-refractivity contribution in [1.29, 1.82) is 0 Å². The maximum Gasteiger partial charge on any atom is -1.00 e. The Labute approximate surface area is 127 Å². The monoisotopic (exact) mass is 318 g/mol. The predicted octanol–water partition coefficient (Wildman–Crippen LogP) is -6.32. The van der Waals surface area contributed by atoms with Crippen molar-refractivity contribution in [2.45, 2.75) is 25.0 Å². The van der Waals surface area contributed by atoms with E-state index in [1.807, 2.05) is 0 Å². The van der Waals surface area contributed by atoms with Gasteiger partial charge in [0.25, 0.3) is 0 Å². The summed E-state index contributed by atoms with van der Waals surface area (Å²) >= 11 is 0.203. The fraction of sp³-hybridized carbons (Fsp3) is 0.636. The summed E-state index contributed by atoms with van der Waals surface area (Å²) in [4.78, 5) is 2.52. The predicted molar refractivity (Wildman–Crippen MR) is 54.4 cm³/mol. The van der Waals surface area contributed by atoms with Crippen LogP contribution in [0.5, 0.6) is 0 Å². The minimum Gasteiger partial charge on any atom is -1.00 e. The molecule has 0 saturated heterocycles. The smallest absolute Gasteiger partial charge is 1.00 e. The molecule has 1 nitrogen and oxygen atoms in total. The van der Waals surface area contributed by atoms with Crippen molar-refractivity contribution in [3.05, 3.63) is 22.1 Å². The average Bonchev–Trinajstić information content (AvgIpc) is 2.65. The minimum atomic E-state index is 0. The molecule has 0 saturated carbocycles. The van der Waals surface area contributed by atoms with Crippen LogP contribution >= 0.6 is 0 Å². The standard InChI is InChI=1S/C6H14N.C5H5.3ClH.Ti/c1-4-7(5-2)6-3;1-2-4-5-3-1;;;;/h1,4-6H2,2-3H3;1-3H,4H2;3*1H;/q;;;;;+3/p-3. The fourth-order valence-corrected chi connectivity index (χ4v) is 3.41. The molecule has 0 unspecified atom stereocenters. The van der Waals surface area contributed by atoms with Gasteiger partial charge in [-0.3, -0.25) is 0 Å². The summed E-state index contributed by atoms with van der Waals surface area (Å²) < 4.78 is 3.17. The maximum absolute atomic E-state index is 2.52. The minimum absolute atomic E-state index is 0. The van der Waals surface area contributed by atoms with E-state index in [4.69, 9.17) is 0 Å². The van der Waals surface area contributed by atoms with Crippen molar-refractivity contribution in [3.63, 3.8) is 0 Å². The summed E-state index contributed by atoms with van der Waals surface area (Å²) in [6.45, 7) is 8.23. The molecule has 0 heterocycles. The second-order valence-electron chi connectivity index (χ2n) is 3.28. The van der Waals surface area contributed by atoms with Crippen LogP contribution in [0.15, 0.2) is 22.1 Å². The third kappa shape index (κ3) is 9.10. The van der Waals surface area contributed by atoms with Crippen molar-refractivity contribution in [2.75, 3.05) is 19.6 Å². The van der Waals surface area contributed by atoms with Crippen LogP contribution in [0.2, 0.25) is 4.73 Å². The first-order valence-corrected chi connectivity index (χ1v) is 7.07. The molecule has 0 fully saturated rings. The molecule has 0 radical (unpaired) electrons. The molecule has 0 aromatic rings. The van der Waals surface area contributed by atoms with Crippen molar-refractivity contribution < 1.29 is 56.4 Å². The molecule has 5 heteroatoms. The van der Waals surface area contributed by atoms with Crippen molar-refractivity contribution in [1.82, 2.24) is 4.90 Å². The van der Waals surface area contributed by atoms with Crippen LogP contribution in [-0.2, 0) is 19.2 Å². The van der Waals surface area contributed by atoms with Crippen LogP contribution < -0.4 is 37.2 Å². The average molecular weight is 320 g/mol. The molecule has 1 aliphatic rings. The molecule has 0 amide bonds. The third-order valence-corrected chi connectivity index (χ3v) is 4.47. The number of nitrogens with zero attached hydrogens (tertiary/aromatic N) is 1. The van der Waals surface area contributed by atoms with E-state index in [0.29, 0.717) is 0 Å². The molecular formula is C11H19Cl3NTi. The van der Waals surface area contributed by atoms with E-state index in [2.05, 4.69) is 37.0 Å². The van der Waals surface area contributed by atoms with Crippen LogP contribution in [0.3, 0.4) is 0 Å². The zero-order valence-corrected chi connectivity index (χ0v) is 13.7. The first-order chi connectivity index (χ1) is 6.36. The van der Waals surface area contributed by atoms with E-state index in [1.54, 1.807) is 3.88 Å². The Morgan fingerprint density at radius 3 is 2.25 bits per heavy atom. The van der Waals surface area contributed by atoms with Gasteiger partial charge in [0.1, 0.15) is 0 Å². The first-order valence-electron chi connectivity index (χ1n) is 5.18. The summed E-state index contributed by atoms with van der Waals surface area (Å²) in [5.74, 6) is 0. The summed E-state index contributed by atoms with van der Waals surface area (Å²) in [6.07, 6.45) is 8.05. The molecule has 93 valence electrons. The van der Waals surface area contributed by atoms with Gasteiger partial charge in [0.15, 0.2) is 0 Å². The van der Waals surface area contributed by atoms with Gasteiger partial charge in [-0.2, -0.15) is 0 Å². The van der Waals surface area contributed by atoms with E-state index >= 15 is 0 Å². The van der Waals surface area contributed by atoms with Gasteiger partial charge < -0.3 is 37.2 Å². The Hall–Kier alpha value is 1.02. The molecule has 0 spiro atoms. The van der Waals surface area contributed by atoms with E-state index in [1.165, 1.54) is 30.8 Å². The SMILES string of the molecule is CCN(CC)C[CH2][Ti+3][C]1=CC=CC1.[Cl-].[Cl-].[Cl-]. The molecule has 0 aliphatic heterocycles. The number of halogens is 3. The number of allylic oxidation sites excluding steroid dienone is 4. The number of rotatable bonds is 6. The van der Waals surface area contributed by atoms with Gasteiger partial charge in [-0.25, -0.2) is 0 Å². The second kappa shape index (κ2) is 14.1. The van der Waals surface area contributed by atoms with Gasteiger partial charge in [0.05, 0.1) is 0 Å². The van der Waals surface area contributed by atoms with Gasteiger partial charge in [0.2, 0.25) is 0 Å². The van der Waals surface area contributed by atoms with Crippen LogP contribution in [-0.4, -0.2) is 24.5 Å². The van der Waals surface area contributed by atoms with Crippen molar-refractivity contribution in [2.24, 2.45) is 0 Å². The van der Waals surface area contributed by atoms with Crippen LogP contribution in [0.1, 0.15) is 20.3 Å². The molecule has 0 N–H and O–H groups in total. The molecule has 0 aromatic heterocycles. The van der Waals surface area contributed by atoms with Crippen LogP contribution in [0, 0.1) is 0 Å². The summed E-state index contributed by atoms with van der Waals surface area (Å²) in [6, 6.07) is 0. The number of hydrogen-bond donors (Lipinski definition) is 0. The van der Waals surface area contributed by atoms with Gasteiger partial charge in [-0.1, -0.05) is 0 Å². The Morgan fingerprint density at radius 1 is 1.19 bits per heavy atom. The molecular weight excluding hydrogens is 300 g/mol.